The summed E-state index contributed by atoms with van der Waals surface area (Å²) in [6.07, 6.45) is 1.91. The summed E-state index contributed by atoms with van der Waals surface area (Å²) in [6.45, 7) is 0.0231. The number of sulfonamides is 1. The third-order valence-corrected chi connectivity index (χ3v) is 4.77. The number of ether oxygens (including phenoxy) is 1. The van der Waals surface area contributed by atoms with E-state index in [9.17, 15) is 23.3 Å². The van der Waals surface area contributed by atoms with Crippen molar-refractivity contribution in [2.24, 2.45) is 0 Å². The molecule has 0 atom stereocenters. The third kappa shape index (κ3) is 4.58. The maximum Gasteiger partial charge on any atom is 0.338 e. The Morgan fingerprint density at radius 3 is 2.68 bits per heavy atom. The van der Waals surface area contributed by atoms with E-state index in [0.29, 0.717) is 12.1 Å². The lowest BCUT2D eigenvalue weighted by atomic mass is 10.2. The fraction of sp³-hybridized carbons (Fsp3) is 0.200. The van der Waals surface area contributed by atoms with Crippen molar-refractivity contribution in [3.63, 3.8) is 0 Å². The van der Waals surface area contributed by atoms with Crippen LogP contribution in [0.1, 0.15) is 16.1 Å². The number of nitrogens with zero attached hydrogens (tertiary/aromatic N) is 2. The fourth-order valence-corrected chi connectivity index (χ4v) is 3.25. The van der Waals surface area contributed by atoms with Crippen LogP contribution in [-0.2, 0) is 21.2 Å². The van der Waals surface area contributed by atoms with E-state index in [2.05, 4.69) is 14.4 Å². The average Bonchev–Trinajstić information content (AvgIpc) is 2.61. The van der Waals surface area contributed by atoms with Gasteiger partial charge in [0.05, 0.1) is 17.6 Å². The quantitative estimate of drug-likeness (QED) is 0.445. The van der Waals surface area contributed by atoms with Gasteiger partial charge in [0.15, 0.2) is 4.90 Å². The fourth-order valence-electron chi connectivity index (χ4n) is 2.07. The van der Waals surface area contributed by atoms with Gasteiger partial charge in [-0.2, -0.15) is 0 Å². The Labute approximate surface area is 143 Å². The number of esters is 1. The molecule has 1 aromatic heterocycles. The predicted molar refractivity (Wildman–Crippen MR) is 87.6 cm³/mol. The van der Waals surface area contributed by atoms with Crippen molar-refractivity contribution < 1.29 is 22.9 Å². The van der Waals surface area contributed by atoms with Crippen molar-refractivity contribution in [2.75, 3.05) is 13.7 Å². The van der Waals surface area contributed by atoms with Gasteiger partial charge >= 0.3 is 5.97 Å². The number of carbonyl (C=O) groups is 1. The molecule has 0 aliphatic rings. The Morgan fingerprint density at radius 2 is 2.08 bits per heavy atom. The van der Waals surface area contributed by atoms with E-state index < -0.39 is 31.5 Å². The molecule has 0 spiro atoms. The second-order valence-corrected chi connectivity index (χ2v) is 6.64. The van der Waals surface area contributed by atoms with Crippen LogP contribution < -0.4 is 4.72 Å². The monoisotopic (exact) mass is 365 g/mol. The molecule has 25 heavy (non-hydrogen) atoms. The number of rotatable bonds is 7. The van der Waals surface area contributed by atoms with E-state index in [-0.39, 0.29) is 12.1 Å². The number of nitro groups is 1. The second kappa shape index (κ2) is 7.81. The van der Waals surface area contributed by atoms with Gasteiger partial charge in [-0.1, -0.05) is 6.07 Å². The predicted octanol–water partition coefficient (Wildman–Crippen LogP) is 1.30. The summed E-state index contributed by atoms with van der Waals surface area (Å²) in [4.78, 5) is 25.3. The number of carbonyl (C=O) groups excluding carboxylic acids is 1. The molecule has 0 aliphatic carbocycles. The molecule has 132 valence electrons. The molecular formula is C15H15N3O6S. The maximum atomic E-state index is 12.3. The Hall–Kier alpha value is -2.85. The van der Waals surface area contributed by atoms with Crippen LogP contribution in [0.15, 0.2) is 47.5 Å². The summed E-state index contributed by atoms with van der Waals surface area (Å²) in [5.74, 6) is -0.796. The summed E-state index contributed by atoms with van der Waals surface area (Å²) < 4.78 is 31.5. The van der Waals surface area contributed by atoms with Crippen LogP contribution in [0.4, 0.5) is 5.69 Å². The van der Waals surface area contributed by atoms with Crippen LogP contribution in [0.3, 0.4) is 0 Å². The van der Waals surface area contributed by atoms with Crippen LogP contribution in [0.5, 0.6) is 0 Å². The zero-order valence-electron chi connectivity index (χ0n) is 13.2. The largest absolute Gasteiger partial charge is 0.465 e. The zero-order chi connectivity index (χ0) is 18.4. The first-order chi connectivity index (χ1) is 11.8. The molecule has 1 N–H and O–H groups in total. The van der Waals surface area contributed by atoms with Crippen molar-refractivity contribution >= 4 is 21.7 Å². The topological polar surface area (TPSA) is 128 Å². The van der Waals surface area contributed by atoms with Crippen LogP contribution in [-0.4, -0.2) is 37.9 Å². The number of nitrogens with one attached hydrogen (secondary N) is 1. The summed E-state index contributed by atoms with van der Waals surface area (Å²) in [5, 5.41) is 11.2. The number of pyridine rings is 1. The van der Waals surface area contributed by atoms with E-state index in [0.717, 1.165) is 25.3 Å². The minimum Gasteiger partial charge on any atom is -0.465 e. The number of benzene rings is 1. The van der Waals surface area contributed by atoms with Gasteiger partial charge in [0.2, 0.25) is 10.0 Å². The van der Waals surface area contributed by atoms with Gasteiger partial charge in [0.1, 0.15) is 0 Å². The van der Waals surface area contributed by atoms with E-state index in [1.54, 1.807) is 24.4 Å². The number of hydrogen-bond acceptors (Lipinski definition) is 7. The number of nitro benzene ring substituents is 1. The van der Waals surface area contributed by atoms with Gasteiger partial charge in [-0.3, -0.25) is 15.1 Å². The standard InChI is InChI=1S/C15H15N3O6S/c1-24-15(19)11-5-6-14(13(10-11)18(20)21)25(22,23)17-9-7-12-4-2-3-8-16-12/h2-6,8,10,17H,7,9H2,1H3. The van der Waals surface area contributed by atoms with Crippen LogP contribution in [0.2, 0.25) is 0 Å². The number of hydrogen-bond donors (Lipinski definition) is 1. The Kier molecular flexibility index (Phi) is 5.78. The molecule has 0 aliphatic heterocycles. The molecule has 2 rings (SSSR count). The van der Waals surface area contributed by atoms with Crippen LogP contribution in [0, 0.1) is 10.1 Å². The molecule has 0 fully saturated rings. The zero-order valence-corrected chi connectivity index (χ0v) is 14.0. The molecule has 0 saturated heterocycles. The van der Waals surface area contributed by atoms with Crippen molar-refractivity contribution in [3.05, 3.63) is 64.0 Å². The lowest BCUT2D eigenvalue weighted by Gasteiger charge is -2.08. The van der Waals surface area contributed by atoms with Gasteiger partial charge < -0.3 is 4.74 Å². The van der Waals surface area contributed by atoms with Gasteiger partial charge in [0, 0.05) is 30.9 Å². The van der Waals surface area contributed by atoms with Crippen molar-refractivity contribution in [2.45, 2.75) is 11.3 Å². The minimum absolute atomic E-state index is 0.0231. The molecule has 0 amide bonds. The second-order valence-electron chi connectivity index (χ2n) is 4.90. The molecule has 10 heteroatoms. The molecule has 1 heterocycles. The Balaban J connectivity index is 2.22. The van der Waals surface area contributed by atoms with Crippen molar-refractivity contribution in [3.8, 4) is 0 Å². The van der Waals surface area contributed by atoms with E-state index >= 15 is 0 Å². The lowest BCUT2D eigenvalue weighted by molar-refractivity contribution is -0.387. The maximum absolute atomic E-state index is 12.3. The van der Waals surface area contributed by atoms with Crippen LogP contribution in [0.25, 0.3) is 0 Å². The van der Waals surface area contributed by atoms with Gasteiger partial charge in [-0.25, -0.2) is 17.9 Å². The molecule has 0 unspecified atom stereocenters. The SMILES string of the molecule is COC(=O)c1ccc(S(=O)(=O)NCCc2ccccn2)c([N+](=O)[O-])c1. The highest BCUT2D eigenvalue weighted by Crippen LogP contribution is 2.25. The highest BCUT2D eigenvalue weighted by molar-refractivity contribution is 7.89. The number of aromatic nitrogens is 1. The summed E-state index contributed by atoms with van der Waals surface area (Å²) in [6, 6.07) is 8.29. The summed E-state index contributed by atoms with van der Waals surface area (Å²) in [5.41, 5.74) is -0.129. The highest BCUT2D eigenvalue weighted by Gasteiger charge is 2.27. The molecule has 0 radical (unpaired) electrons. The highest BCUT2D eigenvalue weighted by atomic mass is 32.2. The van der Waals surface area contributed by atoms with Crippen molar-refractivity contribution in [1.82, 2.24) is 9.71 Å². The van der Waals surface area contributed by atoms with E-state index in [1.807, 2.05) is 0 Å². The van der Waals surface area contributed by atoms with Gasteiger partial charge in [-0.15, -0.1) is 0 Å². The van der Waals surface area contributed by atoms with E-state index in [1.165, 1.54) is 0 Å². The molecule has 9 nitrogen and oxygen atoms in total. The third-order valence-electron chi connectivity index (χ3n) is 3.27. The number of methoxy groups -OCH3 is 1. The molecule has 0 saturated carbocycles. The first-order valence-corrected chi connectivity index (χ1v) is 8.60. The average molecular weight is 365 g/mol. The van der Waals surface area contributed by atoms with Gasteiger partial charge in [0.25, 0.3) is 5.69 Å². The van der Waals surface area contributed by atoms with Gasteiger partial charge in [-0.05, 0) is 24.3 Å². The summed E-state index contributed by atoms with van der Waals surface area (Å²) in [7, 11) is -3.00. The Morgan fingerprint density at radius 1 is 1.32 bits per heavy atom. The molecular weight excluding hydrogens is 350 g/mol. The van der Waals surface area contributed by atoms with Crippen molar-refractivity contribution in [1.29, 1.82) is 0 Å². The normalized spacial score (nSPS) is 11.1. The first kappa shape index (κ1) is 18.5. The molecule has 1 aromatic carbocycles. The summed E-state index contributed by atoms with van der Waals surface area (Å²) >= 11 is 0. The lowest BCUT2D eigenvalue weighted by Crippen LogP contribution is -2.27. The molecule has 0 bridgehead atoms. The first-order valence-electron chi connectivity index (χ1n) is 7.11. The van der Waals surface area contributed by atoms with Crippen LogP contribution >= 0.6 is 0 Å². The molecule has 2 aromatic rings. The minimum atomic E-state index is -4.13. The Bertz CT molecular complexity index is 883. The smallest absolute Gasteiger partial charge is 0.338 e. The van der Waals surface area contributed by atoms with E-state index in [4.69, 9.17) is 0 Å².